The standard InChI is InChI=1S/C17H22N4/c1-21(10-13-9-11-6-7-12(13)8-11)16-14-4-2-3-5-15(14)19-17(18)20-16/h2-5,11-13H,6-10H2,1H3,(H2,18,19,20). The van der Waals surface area contributed by atoms with Crippen LogP contribution >= 0.6 is 0 Å². The molecule has 4 nitrogen and oxygen atoms in total. The van der Waals surface area contributed by atoms with E-state index in [1.807, 2.05) is 18.2 Å². The Bertz CT molecular complexity index is 669. The number of hydrogen-bond acceptors (Lipinski definition) is 4. The minimum absolute atomic E-state index is 0.364. The molecule has 4 heteroatoms. The minimum atomic E-state index is 0.364. The fraction of sp³-hybridized carbons (Fsp3) is 0.529. The summed E-state index contributed by atoms with van der Waals surface area (Å²) in [4.78, 5) is 11.1. The Balaban J connectivity index is 1.63. The van der Waals surface area contributed by atoms with E-state index < -0.39 is 0 Å². The molecule has 3 unspecified atom stereocenters. The highest BCUT2D eigenvalue weighted by molar-refractivity contribution is 5.90. The van der Waals surface area contributed by atoms with Crippen molar-refractivity contribution < 1.29 is 0 Å². The van der Waals surface area contributed by atoms with Gasteiger partial charge in [0.25, 0.3) is 0 Å². The van der Waals surface area contributed by atoms with Crippen LogP contribution < -0.4 is 10.6 Å². The number of rotatable bonds is 3. The third-order valence-corrected chi connectivity index (χ3v) is 5.35. The third-order valence-electron chi connectivity index (χ3n) is 5.35. The lowest BCUT2D eigenvalue weighted by molar-refractivity contribution is 0.337. The Hall–Kier alpha value is -1.84. The molecule has 110 valence electrons. The number of nitrogens with two attached hydrogens (primary N) is 1. The molecule has 0 spiro atoms. The van der Waals surface area contributed by atoms with E-state index in [9.17, 15) is 0 Å². The van der Waals surface area contributed by atoms with Gasteiger partial charge >= 0.3 is 0 Å². The van der Waals surface area contributed by atoms with Crippen LogP contribution in [0.2, 0.25) is 0 Å². The Morgan fingerprint density at radius 3 is 2.81 bits per heavy atom. The Labute approximate surface area is 125 Å². The van der Waals surface area contributed by atoms with E-state index in [2.05, 4.69) is 28.0 Å². The monoisotopic (exact) mass is 282 g/mol. The molecule has 4 rings (SSSR count). The van der Waals surface area contributed by atoms with Crippen LogP contribution in [-0.4, -0.2) is 23.6 Å². The molecule has 2 N–H and O–H groups in total. The molecule has 0 saturated heterocycles. The summed E-state index contributed by atoms with van der Waals surface area (Å²) < 4.78 is 0. The summed E-state index contributed by atoms with van der Waals surface area (Å²) in [6, 6.07) is 8.12. The summed E-state index contributed by atoms with van der Waals surface area (Å²) in [7, 11) is 2.14. The van der Waals surface area contributed by atoms with Crippen LogP contribution in [0.4, 0.5) is 11.8 Å². The molecule has 1 aromatic heterocycles. The van der Waals surface area contributed by atoms with Crippen LogP contribution in [0.1, 0.15) is 25.7 Å². The zero-order valence-electron chi connectivity index (χ0n) is 12.5. The van der Waals surface area contributed by atoms with Gasteiger partial charge in [-0.1, -0.05) is 18.6 Å². The van der Waals surface area contributed by atoms with Gasteiger partial charge in [-0.15, -0.1) is 0 Å². The van der Waals surface area contributed by atoms with E-state index in [1.54, 1.807) is 0 Å². The normalized spacial score (nSPS) is 27.4. The highest BCUT2D eigenvalue weighted by Gasteiger charge is 2.39. The Morgan fingerprint density at radius 2 is 2.05 bits per heavy atom. The number of anilines is 2. The summed E-state index contributed by atoms with van der Waals surface area (Å²) in [5.41, 5.74) is 6.81. The van der Waals surface area contributed by atoms with Crippen molar-refractivity contribution in [3.05, 3.63) is 24.3 Å². The Morgan fingerprint density at radius 1 is 1.19 bits per heavy atom. The molecule has 2 aliphatic rings. The van der Waals surface area contributed by atoms with Crippen LogP contribution in [0, 0.1) is 17.8 Å². The first-order chi connectivity index (χ1) is 10.2. The quantitative estimate of drug-likeness (QED) is 0.940. The maximum atomic E-state index is 5.88. The summed E-state index contributed by atoms with van der Waals surface area (Å²) in [5, 5.41) is 1.09. The molecular weight excluding hydrogens is 260 g/mol. The number of nitrogens with zero attached hydrogens (tertiary/aromatic N) is 3. The van der Waals surface area contributed by atoms with Crippen molar-refractivity contribution in [2.75, 3.05) is 24.2 Å². The molecule has 1 heterocycles. The number of benzene rings is 1. The van der Waals surface area contributed by atoms with Crippen LogP contribution in [0.5, 0.6) is 0 Å². The van der Waals surface area contributed by atoms with Crippen LogP contribution in [0.15, 0.2) is 24.3 Å². The van der Waals surface area contributed by atoms with E-state index in [4.69, 9.17) is 5.73 Å². The molecule has 2 saturated carbocycles. The van der Waals surface area contributed by atoms with E-state index in [1.165, 1.54) is 25.7 Å². The van der Waals surface area contributed by atoms with Gasteiger partial charge in [0.2, 0.25) is 5.95 Å². The number of fused-ring (bicyclic) bond motifs is 3. The summed E-state index contributed by atoms with van der Waals surface area (Å²) >= 11 is 0. The SMILES string of the molecule is CN(CC1CC2CCC1C2)c1nc(N)nc2ccccc12. The second kappa shape index (κ2) is 4.86. The number of aromatic nitrogens is 2. The van der Waals surface area contributed by atoms with E-state index in [0.29, 0.717) is 5.95 Å². The predicted octanol–water partition coefficient (Wildman–Crippen LogP) is 3.08. The van der Waals surface area contributed by atoms with Crippen molar-refractivity contribution in [3.8, 4) is 0 Å². The molecule has 1 aromatic carbocycles. The van der Waals surface area contributed by atoms with Gasteiger partial charge in [-0.2, -0.15) is 4.98 Å². The van der Waals surface area contributed by atoms with Gasteiger partial charge in [0.05, 0.1) is 5.52 Å². The fourth-order valence-corrected chi connectivity index (χ4v) is 4.41. The van der Waals surface area contributed by atoms with Crippen molar-refractivity contribution in [1.29, 1.82) is 0 Å². The molecule has 0 amide bonds. The zero-order chi connectivity index (χ0) is 14.4. The first-order valence-corrected chi connectivity index (χ1v) is 7.94. The topological polar surface area (TPSA) is 55.0 Å². The van der Waals surface area contributed by atoms with E-state index in [-0.39, 0.29) is 0 Å². The lowest BCUT2D eigenvalue weighted by atomic mass is 9.88. The van der Waals surface area contributed by atoms with Crippen LogP contribution in [0.3, 0.4) is 0 Å². The first kappa shape index (κ1) is 12.9. The van der Waals surface area contributed by atoms with Crippen molar-refractivity contribution >= 4 is 22.7 Å². The fourth-order valence-electron chi connectivity index (χ4n) is 4.41. The molecule has 2 bridgehead atoms. The highest BCUT2D eigenvalue weighted by Crippen LogP contribution is 2.48. The minimum Gasteiger partial charge on any atom is -0.368 e. The van der Waals surface area contributed by atoms with Gasteiger partial charge in [0, 0.05) is 19.0 Å². The van der Waals surface area contributed by atoms with Crippen LogP contribution in [0.25, 0.3) is 10.9 Å². The number of nitrogen functional groups attached to an aromatic ring is 1. The van der Waals surface area contributed by atoms with E-state index >= 15 is 0 Å². The van der Waals surface area contributed by atoms with Crippen LogP contribution in [-0.2, 0) is 0 Å². The Kier molecular flexibility index (Phi) is 2.98. The third kappa shape index (κ3) is 2.23. The second-order valence-corrected chi connectivity index (χ2v) is 6.74. The van der Waals surface area contributed by atoms with Gasteiger partial charge < -0.3 is 10.6 Å². The number of para-hydroxylation sites is 1. The van der Waals surface area contributed by atoms with Gasteiger partial charge in [0.15, 0.2) is 0 Å². The van der Waals surface area contributed by atoms with Crippen molar-refractivity contribution in [3.63, 3.8) is 0 Å². The summed E-state index contributed by atoms with van der Waals surface area (Å²) in [5.74, 6) is 4.08. The highest BCUT2D eigenvalue weighted by atomic mass is 15.2. The lowest BCUT2D eigenvalue weighted by Gasteiger charge is -2.28. The predicted molar refractivity (Wildman–Crippen MR) is 86.2 cm³/mol. The molecule has 0 radical (unpaired) electrons. The zero-order valence-corrected chi connectivity index (χ0v) is 12.5. The van der Waals surface area contributed by atoms with E-state index in [0.717, 1.165) is 41.0 Å². The van der Waals surface area contributed by atoms with Crippen molar-refractivity contribution in [2.24, 2.45) is 17.8 Å². The van der Waals surface area contributed by atoms with Gasteiger partial charge in [0.1, 0.15) is 5.82 Å². The van der Waals surface area contributed by atoms with Crippen molar-refractivity contribution in [2.45, 2.75) is 25.7 Å². The molecule has 3 atom stereocenters. The molecule has 0 aliphatic heterocycles. The molecule has 2 aliphatic carbocycles. The second-order valence-electron chi connectivity index (χ2n) is 6.74. The molecule has 2 fully saturated rings. The van der Waals surface area contributed by atoms with Crippen molar-refractivity contribution in [1.82, 2.24) is 9.97 Å². The lowest BCUT2D eigenvalue weighted by Crippen LogP contribution is -2.29. The maximum Gasteiger partial charge on any atom is 0.222 e. The first-order valence-electron chi connectivity index (χ1n) is 7.94. The largest absolute Gasteiger partial charge is 0.368 e. The van der Waals surface area contributed by atoms with Gasteiger partial charge in [-0.3, -0.25) is 0 Å². The molecule has 21 heavy (non-hydrogen) atoms. The summed E-state index contributed by atoms with van der Waals surface area (Å²) in [6.07, 6.45) is 5.72. The average Bonchev–Trinajstić information content (AvgIpc) is 3.08. The van der Waals surface area contributed by atoms with Gasteiger partial charge in [-0.25, -0.2) is 4.98 Å². The summed E-state index contributed by atoms with van der Waals surface area (Å²) in [6.45, 7) is 1.08. The molecule has 2 aromatic rings. The molecular formula is C17H22N4. The number of hydrogen-bond donors (Lipinski definition) is 1. The smallest absolute Gasteiger partial charge is 0.222 e. The average molecular weight is 282 g/mol. The maximum absolute atomic E-state index is 5.88. The van der Waals surface area contributed by atoms with Gasteiger partial charge in [-0.05, 0) is 49.1 Å².